The number of fused-ring (bicyclic) bond motifs is 1. The molecule has 1 aromatic rings. The van der Waals surface area contributed by atoms with Crippen LogP contribution >= 0.6 is 0 Å². The highest BCUT2D eigenvalue weighted by Crippen LogP contribution is 2.37. The predicted molar refractivity (Wildman–Crippen MR) is 132 cm³/mol. The number of anilines is 2. The number of carbonyl (C=O) groups excluding carboxylic acids is 2. The molecule has 1 saturated carbocycles. The molecule has 1 aliphatic carbocycles. The first-order valence-electron chi connectivity index (χ1n) is 12.3. The van der Waals surface area contributed by atoms with E-state index < -0.39 is 5.60 Å². The SMILES string of the molecule is CC.CC.COc1cc(NC(=O)C2CC2)nc(N2CCC3CN(C(=O)OC(C)(C)C)CC32)c1. The number of rotatable bonds is 4. The second-order valence-electron chi connectivity index (χ2n) is 9.21. The van der Waals surface area contributed by atoms with Crippen LogP contribution in [0.25, 0.3) is 0 Å². The molecule has 0 radical (unpaired) electrons. The van der Waals surface area contributed by atoms with Crippen molar-refractivity contribution in [2.24, 2.45) is 11.8 Å². The number of carbonyl (C=O) groups is 2. The Labute approximate surface area is 199 Å². The number of likely N-dealkylation sites (tertiary alicyclic amines) is 1. The summed E-state index contributed by atoms with van der Waals surface area (Å²) in [6.07, 6.45) is 2.62. The van der Waals surface area contributed by atoms with Crippen molar-refractivity contribution in [3.8, 4) is 5.75 Å². The van der Waals surface area contributed by atoms with Gasteiger partial charge in [0.15, 0.2) is 0 Å². The Hall–Kier alpha value is -2.51. The number of nitrogens with one attached hydrogen (secondary N) is 1. The summed E-state index contributed by atoms with van der Waals surface area (Å²) in [6, 6.07) is 3.83. The summed E-state index contributed by atoms with van der Waals surface area (Å²) in [5.41, 5.74) is -0.502. The molecule has 3 aliphatic rings. The molecule has 1 N–H and O–H groups in total. The number of nitrogens with zero attached hydrogens (tertiary/aromatic N) is 3. The maximum atomic E-state index is 12.5. The van der Waals surface area contributed by atoms with Crippen molar-refractivity contribution in [3.05, 3.63) is 12.1 Å². The Morgan fingerprint density at radius 2 is 1.73 bits per heavy atom. The lowest BCUT2D eigenvalue weighted by atomic mass is 10.1. The van der Waals surface area contributed by atoms with Crippen molar-refractivity contribution in [1.29, 1.82) is 0 Å². The summed E-state index contributed by atoms with van der Waals surface area (Å²) in [6.45, 7) is 15.8. The van der Waals surface area contributed by atoms with Gasteiger partial charge in [0.05, 0.1) is 13.2 Å². The molecule has 2 atom stereocenters. The van der Waals surface area contributed by atoms with E-state index in [1.54, 1.807) is 18.1 Å². The third-order valence-corrected chi connectivity index (χ3v) is 5.71. The molecule has 8 nitrogen and oxygen atoms in total. The van der Waals surface area contributed by atoms with E-state index in [4.69, 9.17) is 9.47 Å². The molecule has 0 bridgehead atoms. The van der Waals surface area contributed by atoms with Crippen LogP contribution < -0.4 is 15.0 Å². The standard InChI is InChI=1S/C21H30N4O4.2C2H6/c1-21(2,3)29-20(27)24-11-14-7-8-25(16(14)12-24)18-10-15(28-4)9-17(22-18)23-19(26)13-5-6-13;2*1-2/h9-10,13-14,16H,5-8,11-12H2,1-4H3,(H,22,23,26);2*1-2H3. The van der Waals surface area contributed by atoms with Gasteiger partial charge in [-0.05, 0) is 40.0 Å². The van der Waals surface area contributed by atoms with Gasteiger partial charge in [0.25, 0.3) is 0 Å². The monoisotopic (exact) mass is 462 g/mol. The number of ether oxygens (including phenoxy) is 2. The molecule has 3 heterocycles. The molecule has 2 saturated heterocycles. The first-order valence-corrected chi connectivity index (χ1v) is 12.3. The van der Waals surface area contributed by atoms with Crippen LogP contribution in [0.4, 0.5) is 16.4 Å². The molecule has 33 heavy (non-hydrogen) atoms. The first kappa shape index (κ1) is 26.7. The summed E-state index contributed by atoms with van der Waals surface area (Å²) in [5, 5.41) is 2.91. The van der Waals surface area contributed by atoms with Gasteiger partial charge in [-0.25, -0.2) is 9.78 Å². The first-order chi connectivity index (χ1) is 15.7. The third-order valence-electron chi connectivity index (χ3n) is 5.71. The van der Waals surface area contributed by atoms with E-state index in [9.17, 15) is 9.59 Å². The third kappa shape index (κ3) is 6.98. The molecule has 8 heteroatoms. The average molecular weight is 463 g/mol. The second kappa shape index (κ2) is 11.6. The van der Waals surface area contributed by atoms with E-state index >= 15 is 0 Å². The number of pyridine rings is 1. The van der Waals surface area contributed by atoms with Crippen LogP contribution in [-0.2, 0) is 9.53 Å². The summed E-state index contributed by atoms with van der Waals surface area (Å²) in [4.78, 5) is 33.3. The van der Waals surface area contributed by atoms with Gasteiger partial charge in [0.2, 0.25) is 5.91 Å². The molecule has 3 fully saturated rings. The van der Waals surface area contributed by atoms with Gasteiger partial charge in [-0.2, -0.15) is 0 Å². The number of hydrogen-bond acceptors (Lipinski definition) is 6. The zero-order valence-corrected chi connectivity index (χ0v) is 21.6. The molecule has 2 unspecified atom stereocenters. The zero-order chi connectivity index (χ0) is 24.8. The molecule has 2 amide bonds. The fraction of sp³-hybridized carbons (Fsp3) is 0.720. The van der Waals surface area contributed by atoms with Crippen LogP contribution in [0.1, 0.15) is 67.7 Å². The highest BCUT2D eigenvalue weighted by Gasteiger charge is 2.44. The Bertz CT molecular complexity index is 804. The van der Waals surface area contributed by atoms with Gasteiger partial charge < -0.3 is 24.6 Å². The number of aromatic nitrogens is 1. The van der Waals surface area contributed by atoms with Gasteiger partial charge in [-0.15, -0.1) is 0 Å². The van der Waals surface area contributed by atoms with Gasteiger partial charge >= 0.3 is 6.09 Å². The van der Waals surface area contributed by atoms with Crippen molar-refractivity contribution in [3.63, 3.8) is 0 Å². The Balaban J connectivity index is 0.000000914. The maximum absolute atomic E-state index is 12.5. The number of methoxy groups -OCH3 is 1. The molecule has 186 valence electrons. The maximum Gasteiger partial charge on any atom is 0.410 e. The fourth-order valence-electron chi connectivity index (χ4n) is 4.12. The van der Waals surface area contributed by atoms with Crippen LogP contribution in [0.5, 0.6) is 5.75 Å². The molecule has 4 rings (SSSR count). The predicted octanol–water partition coefficient (Wildman–Crippen LogP) is 4.94. The van der Waals surface area contributed by atoms with Gasteiger partial charge in [-0.3, -0.25) is 4.79 Å². The molecule has 0 aromatic carbocycles. The summed E-state index contributed by atoms with van der Waals surface area (Å²) >= 11 is 0. The molecule has 1 aromatic heterocycles. The van der Waals surface area contributed by atoms with E-state index in [-0.39, 0.29) is 24.0 Å². The van der Waals surface area contributed by atoms with Crippen molar-refractivity contribution in [2.45, 2.75) is 79.4 Å². The summed E-state index contributed by atoms with van der Waals surface area (Å²) in [7, 11) is 1.61. The molecular weight excluding hydrogens is 420 g/mol. The van der Waals surface area contributed by atoms with Crippen molar-refractivity contribution in [1.82, 2.24) is 9.88 Å². The minimum absolute atomic E-state index is 0.0213. The molecular formula is C25H42N4O4. The number of hydrogen-bond donors (Lipinski definition) is 1. The van der Waals surface area contributed by atoms with Crippen LogP contribution in [0, 0.1) is 11.8 Å². The van der Waals surface area contributed by atoms with Gasteiger partial charge in [-0.1, -0.05) is 27.7 Å². The Morgan fingerprint density at radius 1 is 1.06 bits per heavy atom. The molecule has 0 spiro atoms. The summed E-state index contributed by atoms with van der Waals surface area (Å²) < 4.78 is 11.0. The highest BCUT2D eigenvalue weighted by molar-refractivity contribution is 5.93. The van der Waals surface area contributed by atoms with E-state index in [2.05, 4.69) is 15.2 Å². The van der Waals surface area contributed by atoms with Crippen LogP contribution in [0.3, 0.4) is 0 Å². The van der Waals surface area contributed by atoms with Crippen LogP contribution in [0.15, 0.2) is 12.1 Å². The van der Waals surface area contributed by atoms with Crippen molar-refractivity contribution < 1.29 is 19.1 Å². The lowest BCUT2D eigenvalue weighted by Gasteiger charge is -2.28. The minimum atomic E-state index is -0.502. The van der Waals surface area contributed by atoms with Gasteiger partial charge in [0.1, 0.15) is 23.0 Å². The minimum Gasteiger partial charge on any atom is -0.496 e. The lowest BCUT2D eigenvalue weighted by molar-refractivity contribution is -0.117. The Kier molecular flexibility index (Phi) is 9.37. The average Bonchev–Trinajstić information content (AvgIpc) is 3.44. The van der Waals surface area contributed by atoms with Crippen LogP contribution in [-0.4, -0.2) is 60.3 Å². The quantitative estimate of drug-likeness (QED) is 0.683. The number of amides is 2. The van der Waals surface area contributed by atoms with Crippen LogP contribution in [0.2, 0.25) is 0 Å². The van der Waals surface area contributed by atoms with E-state index in [1.807, 2.05) is 54.5 Å². The van der Waals surface area contributed by atoms with E-state index in [0.717, 1.165) is 31.6 Å². The Morgan fingerprint density at radius 3 is 2.30 bits per heavy atom. The van der Waals surface area contributed by atoms with Crippen molar-refractivity contribution >= 4 is 23.6 Å². The summed E-state index contributed by atoms with van der Waals surface area (Å²) in [5.74, 6) is 2.47. The van der Waals surface area contributed by atoms with E-state index in [0.29, 0.717) is 30.6 Å². The van der Waals surface area contributed by atoms with E-state index in [1.165, 1.54) is 0 Å². The lowest BCUT2D eigenvalue weighted by Crippen LogP contribution is -2.39. The van der Waals surface area contributed by atoms with Gasteiger partial charge in [0, 0.05) is 43.6 Å². The largest absolute Gasteiger partial charge is 0.496 e. The zero-order valence-electron chi connectivity index (χ0n) is 21.6. The fourth-order valence-corrected chi connectivity index (χ4v) is 4.12. The molecule has 2 aliphatic heterocycles. The van der Waals surface area contributed by atoms with Crippen molar-refractivity contribution in [2.75, 3.05) is 37.0 Å². The smallest absolute Gasteiger partial charge is 0.410 e. The normalized spacial score (nSPS) is 21.2. The second-order valence-corrected chi connectivity index (χ2v) is 9.21. The topological polar surface area (TPSA) is 84.0 Å². The highest BCUT2D eigenvalue weighted by atomic mass is 16.6.